The fourth-order valence-electron chi connectivity index (χ4n) is 2.29. The van der Waals surface area contributed by atoms with Gasteiger partial charge < -0.3 is 14.1 Å². The molecule has 24 heavy (non-hydrogen) atoms. The van der Waals surface area contributed by atoms with E-state index in [0.29, 0.717) is 18.0 Å². The molecule has 1 atom stereocenters. The Balaban J connectivity index is 2.44. The number of rotatable bonds is 5. The van der Waals surface area contributed by atoms with E-state index >= 15 is 0 Å². The first-order chi connectivity index (χ1) is 11.4. The summed E-state index contributed by atoms with van der Waals surface area (Å²) in [5.74, 6) is 0.711. The number of thiocarbonyl (C=S) groups is 1. The second-order valence-corrected chi connectivity index (χ2v) is 6.07. The largest absolute Gasteiger partial charge is 0.492 e. The van der Waals surface area contributed by atoms with E-state index in [9.17, 15) is 8.42 Å². The maximum Gasteiger partial charge on any atom is 0.318 e. The van der Waals surface area contributed by atoms with Gasteiger partial charge in [-0.05, 0) is 48.5 Å². The molecule has 2 aromatic rings. The number of ether oxygens (including phenoxy) is 1. The molecule has 0 bridgehead atoms. The Morgan fingerprint density at radius 3 is 2.71 bits per heavy atom. The molecule has 0 spiro atoms. The van der Waals surface area contributed by atoms with E-state index in [4.69, 9.17) is 21.4 Å². The van der Waals surface area contributed by atoms with Gasteiger partial charge in [-0.3, -0.25) is 0 Å². The number of anilines is 1. The van der Waals surface area contributed by atoms with Gasteiger partial charge in [0.15, 0.2) is 0 Å². The summed E-state index contributed by atoms with van der Waals surface area (Å²) >= 11 is 5.06. The molecule has 0 radical (unpaired) electrons. The van der Waals surface area contributed by atoms with Crippen molar-refractivity contribution < 1.29 is 17.6 Å². The molecule has 1 aromatic carbocycles. The van der Waals surface area contributed by atoms with Gasteiger partial charge in [0.05, 0.1) is 24.8 Å². The Morgan fingerprint density at radius 1 is 1.38 bits per heavy atom. The molecule has 0 aliphatic rings. The van der Waals surface area contributed by atoms with Gasteiger partial charge in [-0.15, -0.1) is 4.36 Å². The van der Waals surface area contributed by atoms with Crippen molar-refractivity contribution in [3.8, 4) is 5.75 Å². The van der Waals surface area contributed by atoms with Crippen LogP contribution in [-0.4, -0.2) is 27.2 Å². The number of hydrogen-bond donors (Lipinski definition) is 0. The fourth-order valence-corrected chi connectivity index (χ4v) is 2.82. The van der Waals surface area contributed by atoms with Gasteiger partial charge in [0.2, 0.25) is 5.11 Å². The molecule has 0 amide bonds. The minimum Gasteiger partial charge on any atom is -0.492 e. The van der Waals surface area contributed by atoms with Crippen molar-refractivity contribution in [3.05, 3.63) is 47.9 Å². The van der Waals surface area contributed by atoms with Crippen molar-refractivity contribution in [3.63, 3.8) is 0 Å². The maximum atomic E-state index is 10.8. The van der Waals surface area contributed by atoms with E-state index in [1.165, 1.54) is 4.90 Å². The molecule has 1 heterocycles. The molecule has 2 rings (SSSR count). The van der Waals surface area contributed by atoms with Gasteiger partial charge >= 0.3 is 10.5 Å². The molecular formula is C16H18N2O4S2. The molecule has 8 heteroatoms. The van der Waals surface area contributed by atoms with Crippen LogP contribution in [0.1, 0.15) is 30.9 Å². The minimum absolute atomic E-state index is 0.0580. The lowest BCUT2D eigenvalue weighted by Crippen LogP contribution is -2.23. The first-order valence-corrected chi connectivity index (χ1v) is 8.75. The second-order valence-electron chi connectivity index (χ2n) is 5.09. The van der Waals surface area contributed by atoms with Gasteiger partial charge in [0.25, 0.3) is 0 Å². The highest BCUT2D eigenvalue weighted by molar-refractivity contribution is 7.81. The van der Waals surface area contributed by atoms with Crippen molar-refractivity contribution in [1.82, 2.24) is 0 Å². The average molecular weight is 366 g/mol. The van der Waals surface area contributed by atoms with Crippen LogP contribution >= 0.6 is 12.2 Å². The van der Waals surface area contributed by atoms with Gasteiger partial charge in [-0.2, -0.15) is 8.42 Å². The van der Waals surface area contributed by atoms with E-state index in [-0.39, 0.29) is 11.0 Å². The van der Waals surface area contributed by atoms with Crippen LogP contribution in [0.4, 0.5) is 5.69 Å². The number of benzene rings is 1. The van der Waals surface area contributed by atoms with Crippen molar-refractivity contribution >= 4 is 33.5 Å². The summed E-state index contributed by atoms with van der Waals surface area (Å²) in [7, 11) is -0.944. The monoisotopic (exact) mass is 366 g/mol. The van der Waals surface area contributed by atoms with Crippen molar-refractivity contribution in [2.24, 2.45) is 4.36 Å². The molecule has 128 valence electrons. The zero-order valence-corrected chi connectivity index (χ0v) is 15.2. The number of hydrogen-bond acceptors (Lipinski definition) is 5. The SMILES string of the molecule is CCOc1ccc(C(C)c2ccoc2)cc1N(C)C(=S)N=S(=O)=O. The molecule has 1 aromatic heterocycles. The van der Waals surface area contributed by atoms with Crippen molar-refractivity contribution in [2.45, 2.75) is 19.8 Å². The highest BCUT2D eigenvalue weighted by atomic mass is 32.2. The molecule has 0 aliphatic heterocycles. The standard InChI is InChI=1S/C16H18N2O4S2/c1-4-22-15-6-5-12(11(2)13-7-8-21-10-13)9-14(15)18(3)16(23)17-24(19)20/h5-11H,4H2,1-3H3. The molecular weight excluding hydrogens is 348 g/mol. The summed E-state index contributed by atoms with van der Waals surface area (Å²) in [6.07, 6.45) is 3.33. The smallest absolute Gasteiger partial charge is 0.318 e. The molecule has 1 unspecified atom stereocenters. The summed E-state index contributed by atoms with van der Waals surface area (Å²) < 4.78 is 35.7. The van der Waals surface area contributed by atoms with Gasteiger partial charge in [-0.1, -0.05) is 13.0 Å². The van der Waals surface area contributed by atoms with E-state index in [2.05, 4.69) is 11.3 Å². The highest BCUT2D eigenvalue weighted by Crippen LogP contribution is 2.34. The lowest BCUT2D eigenvalue weighted by molar-refractivity contribution is 0.341. The van der Waals surface area contributed by atoms with Gasteiger partial charge in [-0.25, -0.2) is 0 Å². The molecule has 0 fully saturated rings. The van der Waals surface area contributed by atoms with Crippen molar-refractivity contribution in [1.29, 1.82) is 0 Å². The van der Waals surface area contributed by atoms with E-state index in [0.717, 1.165) is 11.1 Å². The normalized spacial score (nSPS) is 11.6. The molecule has 0 saturated heterocycles. The van der Waals surface area contributed by atoms with E-state index in [1.807, 2.05) is 31.2 Å². The molecule has 0 aliphatic carbocycles. The van der Waals surface area contributed by atoms with Crippen LogP contribution in [0.5, 0.6) is 5.75 Å². The van der Waals surface area contributed by atoms with Gasteiger partial charge in [0, 0.05) is 13.0 Å². The lowest BCUT2D eigenvalue weighted by Gasteiger charge is -2.22. The first-order valence-electron chi connectivity index (χ1n) is 7.31. The lowest BCUT2D eigenvalue weighted by atomic mass is 9.94. The van der Waals surface area contributed by atoms with Crippen LogP contribution in [0.15, 0.2) is 45.6 Å². The third-order valence-corrected chi connectivity index (χ3v) is 4.43. The predicted molar refractivity (Wildman–Crippen MR) is 96.2 cm³/mol. The third-order valence-electron chi connectivity index (χ3n) is 3.63. The minimum atomic E-state index is -2.60. The van der Waals surface area contributed by atoms with Crippen molar-refractivity contribution in [2.75, 3.05) is 18.6 Å². The zero-order chi connectivity index (χ0) is 17.7. The number of furan rings is 1. The third kappa shape index (κ3) is 4.21. The Bertz CT molecular complexity index is 837. The maximum absolute atomic E-state index is 10.8. The number of nitrogens with zero attached hydrogens (tertiary/aromatic N) is 2. The highest BCUT2D eigenvalue weighted by Gasteiger charge is 2.17. The van der Waals surface area contributed by atoms with Crippen LogP contribution in [0, 0.1) is 0 Å². The summed E-state index contributed by atoms with van der Waals surface area (Å²) in [5, 5.41) is -0.0580. The summed E-state index contributed by atoms with van der Waals surface area (Å²) in [4.78, 5) is 1.52. The average Bonchev–Trinajstić information content (AvgIpc) is 3.08. The first kappa shape index (κ1) is 18.2. The Morgan fingerprint density at radius 2 is 2.12 bits per heavy atom. The Kier molecular flexibility index (Phi) is 6.10. The zero-order valence-electron chi connectivity index (χ0n) is 13.6. The predicted octanol–water partition coefficient (Wildman–Crippen LogP) is 3.61. The van der Waals surface area contributed by atoms with Gasteiger partial charge in [0.1, 0.15) is 5.75 Å². The summed E-state index contributed by atoms with van der Waals surface area (Å²) in [6, 6.07) is 7.63. The quantitative estimate of drug-likeness (QED) is 0.753. The summed E-state index contributed by atoms with van der Waals surface area (Å²) in [6.45, 7) is 4.41. The van der Waals surface area contributed by atoms with Crippen LogP contribution in [-0.2, 0) is 10.5 Å². The second kappa shape index (κ2) is 8.07. The van der Waals surface area contributed by atoms with Crippen LogP contribution in [0.2, 0.25) is 0 Å². The Hall–Kier alpha value is -2.19. The molecule has 6 nitrogen and oxygen atoms in total. The topological polar surface area (TPSA) is 72.1 Å². The van der Waals surface area contributed by atoms with Crippen LogP contribution in [0.3, 0.4) is 0 Å². The van der Waals surface area contributed by atoms with Crippen LogP contribution in [0.25, 0.3) is 0 Å². The van der Waals surface area contributed by atoms with Crippen LogP contribution < -0.4 is 9.64 Å². The Labute approximate surface area is 147 Å². The fraction of sp³-hybridized carbons (Fsp3) is 0.312. The molecule has 0 N–H and O–H groups in total. The molecule has 0 saturated carbocycles. The van der Waals surface area contributed by atoms with E-state index < -0.39 is 10.5 Å². The van der Waals surface area contributed by atoms with E-state index in [1.54, 1.807) is 19.6 Å². The summed E-state index contributed by atoms with van der Waals surface area (Å²) in [5.41, 5.74) is 2.72.